The van der Waals surface area contributed by atoms with Crippen molar-refractivity contribution in [2.24, 2.45) is 5.73 Å². The van der Waals surface area contributed by atoms with Crippen LogP contribution in [-0.4, -0.2) is 11.0 Å². The third-order valence-corrected chi connectivity index (χ3v) is 3.79. The Morgan fingerprint density at radius 2 is 2.00 bits per heavy atom. The maximum absolute atomic E-state index is 6.06. The maximum Gasteiger partial charge on any atom is 0.0417 e. The first-order valence-corrected chi connectivity index (χ1v) is 6.96. The standard InChI is InChI=1S/C14H15ClN2S/c1-10(16)8-11-2-3-12(15)9-14(11)18-13-4-6-17-7-5-13/h2-7,9-10H,8,16H2,1H3. The lowest BCUT2D eigenvalue weighted by Crippen LogP contribution is -2.18. The van der Waals surface area contributed by atoms with Crippen molar-refractivity contribution in [2.75, 3.05) is 0 Å². The molecule has 4 heteroatoms. The molecule has 1 aromatic carbocycles. The summed E-state index contributed by atoms with van der Waals surface area (Å²) in [4.78, 5) is 6.33. The van der Waals surface area contributed by atoms with E-state index in [1.807, 2.05) is 31.2 Å². The van der Waals surface area contributed by atoms with Gasteiger partial charge in [0.1, 0.15) is 0 Å². The molecule has 2 rings (SSSR count). The Morgan fingerprint density at radius 1 is 1.28 bits per heavy atom. The normalized spacial score (nSPS) is 12.4. The Labute approximate surface area is 117 Å². The fraction of sp³-hybridized carbons (Fsp3) is 0.214. The molecule has 2 nitrogen and oxygen atoms in total. The molecule has 0 aliphatic carbocycles. The maximum atomic E-state index is 6.06. The van der Waals surface area contributed by atoms with Gasteiger partial charge in [-0.05, 0) is 43.2 Å². The highest BCUT2D eigenvalue weighted by atomic mass is 35.5. The molecule has 0 fully saturated rings. The molecule has 1 unspecified atom stereocenters. The van der Waals surface area contributed by atoms with Gasteiger partial charge in [0.25, 0.3) is 0 Å². The van der Waals surface area contributed by atoms with Crippen LogP contribution in [0.5, 0.6) is 0 Å². The summed E-state index contributed by atoms with van der Waals surface area (Å²) in [7, 11) is 0. The fourth-order valence-electron chi connectivity index (χ4n) is 1.67. The lowest BCUT2D eigenvalue weighted by atomic mass is 10.1. The topological polar surface area (TPSA) is 38.9 Å². The minimum Gasteiger partial charge on any atom is -0.328 e. The number of hydrogen-bond donors (Lipinski definition) is 1. The highest BCUT2D eigenvalue weighted by molar-refractivity contribution is 7.99. The lowest BCUT2D eigenvalue weighted by Gasteiger charge is -2.11. The van der Waals surface area contributed by atoms with Gasteiger partial charge in [-0.25, -0.2) is 0 Å². The van der Waals surface area contributed by atoms with Gasteiger partial charge < -0.3 is 5.73 Å². The molecule has 0 bridgehead atoms. The Bertz CT molecular complexity index is 514. The third-order valence-electron chi connectivity index (χ3n) is 2.45. The zero-order valence-corrected chi connectivity index (χ0v) is 11.7. The largest absolute Gasteiger partial charge is 0.328 e. The van der Waals surface area contributed by atoms with E-state index in [1.165, 1.54) is 5.56 Å². The van der Waals surface area contributed by atoms with E-state index < -0.39 is 0 Å². The molecule has 0 aliphatic rings. The smallest absolute Gasteiger partial charge is 0.0417 e. The number of rotatable bonds is 4. The fourth-order valence-corrected chi connectivity index (χ4v) is 2.89. The Balaban J connectivity index is 2.27. The summed E-state index contributed by atoms with van der Waals surface area (Å²) >= 11 is 7.75. The molecule has 0 amide bonds. The number of nitrogens with zero attached hydrogens (tertiary/aromatic N) is 1. The summed E-state index contributed by atoms with van der Waals surface area (Å²) in [6.45, 7) is 2.01. The second-order valence-corrected chi connectivity index (χ2v) is 5.77. The summed E-state index contributed by atoms with van der Waals surface area (Å²) in [5, 5.41) is 0.750. The van der Waals surface area contributed by atoms with Crippen LogP contribution in [0.4, 0.5) is 0 Å². The van der Waals surface area contributed by atoms with Crippen molar-refractivity contribution in [2.45, 2.75) is 29.2 Å². The summed E-state index contributed by atoms with van der Waals surface area (Å²) in [6.07, 6.45) is 4.43. The zero-order chi connectivity index (χ0) is 13.0. The van der Waals surface area contributed by atoms with E-state index in [1.54, 1.807) is 24.2 Å². The summed E-state index contributed by atoms with van der Waals surface area (Å²) in [6, 6.07) is 10.1. The van der Waals surface area contributed by atoms with Gasteiger partial charge in [0.2, 0.25) is 0 Å². The SMILES string of the molecule is CC(N)Cc1ccc(Cl)cc1Sc1ccncc1. The van der Waals surface area contributed by atoms with Crippen LogP contribution in [-0.2, 0) is 6.42 Å². The Kier molecular flexibility index (Phi) is 4.64. The van der Waals surface area contributed by atoms with Gasteiger partial charge in [-0.3, -0.25) is 4.98 Å². The molecule has 2 N–H and O–H groups in total. The van der Waals surface area contributed by atoms with Gasteiger partial charge in [-0.1, -0.05) is 29.4 Å². The van der Waals surface area contributed by atoms with Crippen molar-refractivity contribution in [3.05, 3.63) is 53.3 Å². The van der Waals surface area contributed by atoms with Crippen LogP contribution >= 0.6 is 23.4 Å². The van der Waals surface area contributed by atoms with Gasteiger partial charge >= 0.3 is 0 Å². The zero-order valence-electron chi connectivity index (χ0n) is 10.1. The van der Waals surface area contributed by atoms with Crippen LogP contribution in [0.1, 0.15) is 12.5 Å². The molecule has 2 aromatic rings. The summed E-state index contributed by atoms with van der Waals surface area (Å²) < 4.78 is 0. The van der Waals surface area contributed by atoms with E-state index in [9.17, 15) is 0 Å². The van der Waals surface area contributed by atoms with Crippen LogP contribution in [0.15, 0.2) is 52.5 Å². The lowest BCUT2D eigenvalue weighted by molar-refractivity contribution is 0.729. The molecule has 0 saturated carbocycles. The molecular formula is C14H15ClN2S. The molecule has 1 heterocycles. The van der Waals surface area contributed by atoms with Gasteiger partial charge in [-0.2, -0.15) is 0 Å². The first kappa shape index (κ1) is 13.4. The van der Waals surface area contributed by atoms with E-state index >= 15 is 0 Å². The first-order valence-electron chi connectivity index (χ1n) is 5.77. The predicted molar refractivity (Wildman–Crippen MR) is 77.2 cm³/mol. The highest BCUT2D eigenvalue weighted by Gasteiger charge is 2.07. The first-order chi connectivity index (χ1) is 8.65. The van der Waals surface area contributed by atoms with Crippen LogP contribution in [0.25, 0.3) is 0 Å². The third kappa shape index (κ3) is 3.73. The van der Waals surface area contributed by atoms with Crippen molar-refractivity contribution in [1.82, 2.24) is 4.98 Å². The Morgan fingerprint density at radius 3 is 2.67 bits per heavy atom. The van der Waals surface area contributed by atoms with Gasteiger partial charge in [0.15, 0.2) is 0 Å². The number of benzene rings is 1. The quantitative estimate of drug-likeness (QED) is 0.925. The van der Waals surface area contributed by atoms with Gasteiger partial charge in [-0.15, -0.1) is 0 Å². The van der Waals surface area contributed by atoms with Crippen LogP contribution < -0.4 is 5.73 Å². The van der Waals surface area contributed by atoms with Crippen molar-refractivity contribution in [3.63, 3.8) is 0 Å². The summed E-state index contributed by atoms with van der Waals surface area (Å²) in [5.41, 5.74) is 7.11. The van der Waals surface area contributed by atoms with E-state index in [0.29, 0.717) is 0 Å². The van der Waals surface area contributed by atoms with Crippen molar-refractivity contribution in [1.29, 1.82) is 0 Å². The number of aromatic nitrogens is 1. The summed E-state index contributed by atoms with van der Waals surface area (Å²) in [5.74, 6) is 0. The molecule has 1 atom stereocenters. The molecule has 0 aliphatic heterocycles. The average molecular weight is 279 g/mol. The van der Waals surface area contributed by atoms with Crippen molar-refractivity contribution in [3.8, 4) is 0 Å². The minimum absolute atomic E-state index is 0.142. The van der Waals surface area contributed by atoms with Gasteiger partial charge in [0, 0.05) is 33.2 Å². The number of hydrogen-bond acceptors (Lipinski definition) is 3. The number of halogens is 1. The van der Waals surface area contributed by atoms with E-state index in [-0.39, 0.29) is 6.04 Å². The van der Waals surface area contributed by atoms with E-state index in [2.05, 4.69) is 11.1 Å². The monoisotopic (exact) mass is 278 g/mol. The second-order valence-electron chi connectivity index (χ2n) is 4.22. The van der Waals surface area contributed by atoms with Crippen LogP contribution in [0.3, 0.4) is 0 Å². The van der Waals surface area contributed by atoms with Gasteiger partial charge in [0.05, 0.1) is 0 Å². The highest BCUT2D eigenvalue weighted by Crippen LogP contribution is 2.32. The second kappa shape index (κ2) is 6.23. The van der Waals surface area contributed by atoms with E-state index in [4.69, 9.17) is 17.3 Å². The van der Waals surface area contributed by atoms with Crippen LogP contribution in [0, 0.1) is 0 Å². The van der Waals surface area contributed by atoms with Crippen LogP contribution in [0.2, 0.25) is 5.02 Å². The van der Waals surface area contributed by atoms with E-state index in [0.717, 1.165) is 21.2 Å². The predicted octanol–water partition coefficient (Wildman–Crippen LogP) is 3.78. The number of pyridine rings is 1. The molecule has 0 saturated heterocycles. The molecule has 0 spiro atoms. The van der Waals surface area contributed by atoms with Crippen molar-refractivity contribution < 1.29 is 0 Å². The molecule has 94 valence electrons. The van der Waals surface area contributed by atoms with Crippen molar-refractivity contribution >= 4 is 23.4 Å². The molecule has 18 heavy (non-hydrogen) atoms. The molecule has 1 aromatic heterocycles. The molecular weight excluding hydrogens is 264 g/mol. The Hall–Kier alpha value is -1.03. The minimum atomic E-state index is 0.142. The number of nitrogens with two attached hydrogens (primary N) is 1. The average Bonchev–Trinajstić information content (AvgIpc) is 2.33. The molecule has 0 radical (unpaired) electrons.